The van der Waals surface area contributed by atoms with Crippen molar-refractivity contribution in [3.8, 4) is 11.1 Å². The Hall–Kier alpha value is -4.50. The van der Waals surface area contributed by atoms with Gasteiger partial charge in [0.25, 0.3) is 0 Å². The normalized spacial score (nSPS) is 12.3. The molecular formula is C34H26N2O. The summed E-state index contributed by atoms with van der Waals surface area (Å²) in [6.07, 6.45) is 0. The Balaban J connectivity index is 1.43. The predicted molar refractivity (Wildman–Crippen MR) is 157 cm³/mol. The van der Waals surface area contributed by atoms with Gasteiger partial charge in [0.15, 0.2) is 0 Å². The highest BCUT2D eigenvalue weighted by Gasteiger charge is 2.18. The Labute approximate surface area is 214 Å². The van der Waals surface area contributed by atoms with Crippen LogP contribution in [0.4, 0.5) is 0 Å². The third kappa shape index (κ3) is 2.71. The summed E-state index contributed by atoms with van der Waals surface area (Å²) >= 11 is 0. The number of aryl methyl sites for hydroxylation is 2. The van der Waals surface area contributed by atoms with Gasteiger partial charge >= 0.3 is 0 Å². The van der Waals surface area contributed by atoms with Crippen molar-refractivity contribution in [2.24, 2.45) is 0 Å². The van der Waals surface area contributed by atoms with Crippen LogP contribution >= 0.6 is 0 Å². The molecule has 0 saturated carbocycles. The van der Waals surface area contributed by atoms with Crippen molar-refractivity contribution in [3.63, 3.8) is 0 Å². The minimum atomic E-state index is 0.910. The molecule has 5 aromatic carbocycles. The molecule has 0 saturated heterocycles. The molecule has 0 fully saturated rings. The standard InChI is InChI=1S/C34H26N2O/c1-3-35-28-11-7-5-9-23(28)26-19-21(13-16-29(26)35)22-14-17-30-27(20-22)33-31(36(30)4-2)18-15-25-24-10-6-8-12-32(24)37-34(25)33/h5-20H,3-4H2,1-2H3. The molecule has 0 spiro atoms. The monoisotopic (exact) mass is 478 g/mol. The van der Waals surface area contributed by atoms with Crippen LogP contribution in [0.3, 0.4) is 0 Å². The Kier molecular flexibility index (Phi) is 4.19. The summed E-state index contributed by atoms with van der Waals surface area (Å²) in [5.41, 5.74) is 9.45. The minimum absolute atomic E-state index is 0.910. The molecule has 0 amide bonds. The number of aromatic nitrogens is 2. The Morgan fingerprint density at radius 2 is 1.11 bits per heavy atom. The highest BCUT2D eigenvalue weighted by molar-refractivity contribution is 6.23. The van der Waals surface area contributed by atoms with Crippen molar-refractivity contribution < 1.29 is 4.42 Å². The topological polar surface area (TPSA) is 23.0 Å². The maximum Gasteiger partial charge on any atom is 0.145 e. The van der Waals surface area contributed by atoms with E-state index in [1.54, 1.807) is 0 Å². The van der Waals surface area contributed by atoms with E-state index in [2.05, 4.69) is 114 Å². The van der Waals surface area contributed by atoms with Gasteiger partial charge in [-0.3, -0.25) is 0 Å². The molecule has 3 aromatic heterocycles. The number of hydrogen-bond donors (Lipinski definition) is 0. The fourth-order valence-electron chi connectivity index (χ4n) is 6.46. The Morgan fingerprint density at radius 1 is 0.514 bits per heavy atom. The Bertz CT molecular complexity index is 2170. The molecule has 0 aliphatic carbocycles. The minimum Gasteiger partial charge on any atom is -0.455 e. The lowest BCUT2D eigenvalue weighted by Crippen LogP contribution is -1.93. The van der Waals surface area contributed by atoms with Crippen molar-refractivity contribution in [2.45, 2.75) is 26.9 Å². The van der Waals surface area contributed by atoms with Crippen molar-refractivity contribution in [3.05, 3.63) is 97.1 Å². The molecule has 178 valence electrons. The molecule has 3 nitrogen and oxygen atoms in total. The van der Waals surface area contributed by atoms with E-state index in [0.717, 1.165) is 24.3 Å². The second-order valence-electron chi connectivity index (χ2n) is 9.90. The number of para-hydroxylation sites is 2. The number of nitrogens with zero attached hydrogens (tertiary/aromatic N) is 2. The lowest BCUT2D eigenvalue weighted by Gasteiger charge is -2.06. The molecule has 0 aliphatic rings. The number of rotatable bonds is 3. The van der Waals surface area contributed by atoms with Crippen LogP contribution in [-0.2, 0) is 13.1 Å². The number of hydrogen-bond acceptors (Lipinski definition) is 1. The van der Waals surface area contributed by atoms with Crippen LogP contribution < -0.4 is 0 Å². The fraction of sp³-hybridized carbons (Fsp3) is 0.118. The first kappa shape index (κ1) is 20.7. The quantitative estimate of drug-likeness (QED) is 0.248. The van der Waals surface area contributed by atoms with Crippen molar-refractivity contribution in [2.75, 3.05) is 0 Å². The molecule has 0 radical (unpaired) electrons. The summed E-state index contributed by atoms with van der Waals surface area (Å²) in [7, 11) is 0. The van der Waals surface area contributed by atoms with Gasteiger partial charge in [0.2, 0.25) is 0 Å². The largest absolute Gasteiger partial charge is 0.455 e. The molecular weight excluding hydrogens is 452 g/mol. The summed E-state index contributed by atoms with van der Waals surface area (Å²) in [5, 5.41) is 7.42. The second-order valence-corrected chi connectivity index (χ2v) is 9.90. The van der Waals surface area contributed by atoms with Gasteiger partial charge in [0, 0.05) is 56.6 Å². The third-order valence-corrected chi connectivity index (χ3v) is 8.11. The zero-order valence-electron chi connectivity index (χ0n) is 21.0. The van der Waals surface area contributed by atoms with Gasteiger partial charge in [-0.2, -0.15) is 0 Å². The highest BCUT2D eigenvalue weighted by atomic mass is 16.3. The molecule has 8 aromatic rings. The lowest BCUT2D eigenvalue weighted by molar-refractivity contribution is 0.673. The molecule has 3 heterocycles. The van der Waals surface area contributed by atoms with Crippen LogP contribution in [0.1, 0.15) is 13.8 Å². The first-order valence-corrected chi connectivity index (χ1v) is 13.1. The van der Waals surface area contributed by atoms with Crippen molar-refractivity contribution in [1.29, 1.82) is 0 Å². The molecule has 0 aliphatic heterocycles. The van der Waals surface area contributed by atoms with Gasteiger partial charge in [-0.25, -0.2) is 0 Å². The van der Waals surface area contributed by atoms with Crippen molar-refractivity contribution in [1.82, 2.24) is 9.13 Å². The maximum atomic E-state index is 6.48. The summed E-state index contributed by atoms with van der Waals surface area (Å²) in [4.78, 5) is 0. The summed E-state index contributed by atoms with van der Waals surface area (Å²) < 4.78 is 11.3. The van der Waals surface area contributed by atoms with E-state index in [-0.39, 0.29) is 0 Å². The van der Waals surface area contributed by atoms with Gasteiger partial charge in [-0.1, -0.05) is 48.5 Å². The molecule has 0 N–H and O–H groups in total. The van der Waals surface area contributed by atoms with E-state index in [9.17, 15) is 0 Å². The lowest BCUT2D eigenvalue weighted by atomic mass is 10.00. The SMILES string of the molecule is CCn1c2ccccc2c2cc(-c3ccc4c(c3)c3c5oc6ccccc6c5ccc3n4CC)ccc21. The van der Waals surface area contributed by atoms with E-state index < -0.39 is 0 Å². The van der Waals surface area contributed by atoms with Gasteiger partial charge in [0.1, 0.15) is 11.2 Å². The zero-order valence-corrected chi connectivity index (χ0v) is 21.0. The number of fused-ring (bicyclic) bond motifs is 10. The van der Waals surface area contributed by atoms with Gasteiger partial charge in [-0.05, 0) is 73.5 Å². The van der Waals surface area contributed by atoms with E-state index in [0.29, 0.717) is 0 Å². The van der Waals surface area contributed by atoms with Crippen molar-refractivity contribution >= 4 is 65.6 Å². The Morgan fingerprint density at radius 3 is 1.89 bits per heavy atom. The molecule has 0 atom stereocenters. The maximum absolute atomic E-state index is 6.48. The van der Waals surface area contributed by atoms with Crippen LogP contribution in [0.15, 0.2) is 101 Å². The fourth-order valence-corrected chi connectivity index (χ4v) is 6.46. The van der Waals surface area contributed by atoms with E-state index in [1.165, 1.54) is 65.5 Å². The van der Waals surface area contributed by atoms with Crippen LogP contribution in [0.25, 0.3) is 76.7 Å². The first-order valence-electron chi connectivity index (χ1n) is 13.1. The average molecular weight is 479 g/mol. The molecule has 8 rings (SSSR count). The third-order valence-electron chi connectivity index (χ3n) is 8.11. The zero-order chi connectivity index (χ0) is 24.7. The summed E-state index contributed by atoms with van der Waals surface area (Å²) in [6.45, 7) is 6.30. The van der Waals surface area contributed by atoms with Gasteiger partial charge in [-0.15, -0.1) is 0 Å². The molecule has 37 heavy (non-hydrogen) atoms. The average Bonchev–Trinajstić information content (AvgIpc) is 3.59. The van der Waals surface area contributed by atoms with Gasteiger partial charge in [0.05, 0.1) is 10.9 Å². The number of benzene rings is 5. The predicted octanol–water partition coefficient (Wildman–Crippen LogP) is 9.51. The number of furan rings is 1. The smallest absolute Gasteiger partial charge is 0.145 e. The summed E-state index contributed by atoms with van der Waals surface area (Å²) in [5.74, 6) is 0. The second kappa shape index (κ2) is 7.50. The van der Waals surface area contributed by atoms with Gasteiger partial charge < -0.3 is 13.6 Å². The molecule has 0 unspecified atom stereocenters. The molecule has 3 heteroatoms. The van der Waals surface area contributed by atoms with E-state index >= 15 is 0 Å². The summed E-state index contributed by atoms with van der Waals surface area (Å²) in [6, 6.07) is 35.4. The van der Waals surface area contributed by atoms with Crippen LogP contribution in [-0.4, -0.2) is 9.13 Å². The van der Waals surface area contributed by atoms with E-state index in [1.807, 2.05) is 6.07 Å². The first-order chi connectivity index (χ1) is 18.3. The highest BCUT2D eigenvalue weighted by Crippen LogP contribution is 2.41. The van der Waals surface area contributed by atoms with Crippen LogP contribution in [0, 0.1) is 0 Å². The van der Waals surface area contributed by atoms with Crippen LogP contribution in [0.2, 0.25) is 0 Å². The molecule has 0 bridgehead atoms. The van der Waals surface area contributed by atoms with E-state index in [4.69, 9.17) is 4.42 Å². The van der Waals surface area contributed by atoms with Crippen LogP contribution in [0.5, 0.6) is 0 Å².